The molecule has 0 spiro atoms. The van der Waals surface area contributed by atoms with Crippen LogP contribution in [0.4, 0.5) is 5.69 Å². The molecule has 21 heavy (non-hydrogen) atoms. The van der Waals surface area contributed by atoms with E-state index in [9.17, 15) is 9.59 Å². The van der Waals surface area contributed by atoms with E-state index in [1.807, 2.05) is 0 Å². The molecule has 114 valence electrons. The maximum Gasteiger partial charge on any atom is 0.341 e. The van der Waals surface area contributed by atoms with E-state index in [0.29, 0.717) is 17.5 Å². The van der Waals surface area contributed by atoms with Crippen LogP contribution in [-0.4, -0.2) is 36.2 Å². The average molecular weight is 292 g/mol. The Morgan fingerprint density at radius 3 is 2.90 bits per heavy atom. The molecular formula is C15H20N2O4. The lowest BCUT2D eigenvalue weighted by atomic mass is 9.92. The summed E-state index contributed by atoms with van der Waals surface area (Å²) in [6.07, 6.45) is 1.60. The molecule has 1 aliphatic heterocycles. The second kappa shape index (κ2) is 7.08. The van der Waals surface area contributed by atoms with Gasteiger partial charge in [0.1, 0.15) is 5.75 Å². The number of nitrogens with one attached hydrogen (secondary N) is 2. The molecule has 1 heterocycles. The van der Waals surface area contributed by atoms with Crippen LogP contribution in [0.25, 0.3) is 0 Å². The van der Waals surface area contributed by atoms with Crippen molar-refractivity contribution in [2.45, 2.75) is 25.8 Å². The summed E-state index contributed by atoms with van der Waals surface area (Å²) in [5.74, 6) is -0.762. The molecule has 2 unspecified atom stereocenters. The highest BCUT2D eigenvalue weighted by Crippen LogP contribution is 2.26. The zero-order valence-electron chi connectivity index (χ0n) is 12.0. The predicted molar refractivity (Wildman–Crippen MR) is 78.4 cm³/mol. The van der Waals surface area contributed by atoms with E-state index in [1.165, 1.54) is 0 Å². The number of carboxylic acids is 1. The average Bonchev–Trinajstić information content (AvgIpc) is 2.46. The standard InChI is InChI=1S/C15H20N2O4/c1-10-8-11(6-7-16-10)15(20)17-12-4-2-3-5-13(12)21-9-14(18)19/h2-5,10-11,16H,6-9H2,1H3,(H,17,20)(H,18,19). The smallest absolute Gasteiger partial charge is 0.341 e. The molecule has 2 atom stereocenters. The predicted octanol–water partition coefficient (Wildman–Crippen LogP) is 1.48. The molecule has 1 aliphatic rings. The maximum atomic E-state index is 12.3. The summed E-state index contributed by atoms with van der Waals surface area (Å²) in [5.41, 5.74) is 0.509. The van der Waals surface area contributed by atoms with Gasteiger partial charge in [-0.25, -0.2) is 4.79 Å². The van der Waals surface area contributed by atoms with E-state index < -0.39 is 12.6 Å². The number of carboxylic acid groups (broad SMARTS) is 1. The van der Waals surface area contributed by atoms with Crippen LogP contribution in [0.1, 0.15) is 19.8 Å². The second-order valence-corrected chi connectivity index (χ2v) is 5.24. The molecule has 1 aromatic carbocycles. The highest BCUT2D eigenvalue weighted by Gasteiger charge is 2.25. The van der Waals surface area contributed by atoms with Gasteiger partial charge in [0.15, 0.2) is 6.61 Å². The van der Waals surface area contributed by atoms with Crippen LogP contribution in [0.3, 0.4) is 0 Å². The van der Waals surface area contributed by atoms with Gasteiger partial charge in [0.2, 0.25) is 5.91 Å². The van der Waals surface area contributed by atoms with Crippen LogP contribution in [0.2, 0.25) is 0 Å². The third kappa shape index (κ3) is 4.46. The molecule has 0 radical (unpaired) electrons. The Labute approximate surface area is 123 Å². The summed E-state index contributed by atoms with van der Waals surface area (Å²) < 4.78 is 5.18. The van der Waals surface area contributed by atoms with Crippen molar-refractivity contribution in [2.75, 3.05) is 18.5 Å². The van der Waals surface area contributed by atoms with Crippen LogP contribution in [0.5, 0.6) is 5.75 Å². The number of ether oxygens (including phenoxy) is 1. The first-order valence-electron chi connectivity index (χ1n) is 7.04. The Morgan fingerprint density at radius 1 is 1.43 bits per heavy atom. The second-order valence-electron chi connectivity index (χ2n) is 5.24. The Hall–Kier alpha value is -2.08. The number of benzene rings is 1. The lowest BCUT2D eigenvalue weighted by Gasteiger charge is -2.27. The summed E-state index contributed by atoms with van der Waals surface area (Å²) in [4.78, 5) is 22.9. The molecule has 0 saturated carbocycles. The number of hydrogen-bond donors (Lipinski definition) is 3. The van der Waals surface area contributed by atoms with E-state index in [4.69, 9.17) is 9.84 Å². The van der Waals surface area contributed by atoms with Crippen LogP contribution in [0, 0.1) is 5.92 Å². The number of para-hydroxylation sites is 2. The number of amides is 1. The third-order valence-corrected chi connectivity index (χ3v) is 3.49. The van der Waals surface area contributed by atoms with Crippen molar-refractivity contribution in [3.8, 4) is 5.75 Å². The van der Waals surface area contributed by atoms with Crippen LogP contribution < -0.4 is 15.4 Å². The fraction of sp³-hybridized carbons (Fsp3) is 0.467. The Morgan fingerprint density at radius 2 is 2.19 bits per heavy atom. The van der Waals surface area contributed by atoms with E-state index in [2.05, 4.69) is 17.6 Å². The van der Waals surface area contributed by atoms with Gasteiger partial charge in [-0.05, 0) is 38.4 Å². The van der Waals surface area contributed by atoms with Crippen molar-refractivity contribution < 1.29 is 19.4 Å². The highest BCUT2D eigenvalue weighted by atomic mass is 16.5. The molecule has 0 aromatic heterocycles. The van der Waals surface area contributed by atoms with Gasteiger partial charge in [0, 0.05) is 12.0 Å². The Balaban J connectivity index is 2.01. The molecule has 0 aliphatic carbocycles. The largest absolute Gasteiger partial charge is 0.480 e. The van der Waals surface area contributed by atoms with Gasteiger partial charge in [0.25, 0.3) is 0 Å². The quantitative estimate of drug-likeness (QED) is 0.765. The SMILES string of the molecule is CC1CC(C(=O)Nc2ccccc2OCC(=O)O)CCN1. The Kier molecular flexibility index (Phi) is 5.16. The topological polar surface area (TPSA) is 87.7 Å². The number of carbonyl (C=O) groups is 2. The van der Waals surface area contributed by atoms with E-state index in [-0.39, 0.29) is 11.8 Å². The van der Waals surface area contributed by atoms with Crippen LogP contribution in [0.15, 0.2) is 24.3 Å². The molecular weight excluding hydrogens is 272 g/mol. The molecule has 1 aromatic rings. The first-order valence-corrected chi connectivity index (χ1v) is 7.04. The minimum atomic E-state index is -1.05. The number of hydrogen-bond acceptors (Lipinski definition) is 4. The fourth-order valence-electron chi connectivity index (χ4n) is 2.44. The summed E-state index contributed by atoms with van der Waals surface area (Å²) in [7, 11) is 0. The zero-order chi connectivity index (χ0) is 15.2. The minimum absolute atomic E-state index is 0.0335. The summed E-state index contributed by atoms with van der Waals surface area (Å²) >= 11 is 0. The van der Waals surface area contributed by atoms with Gasteiger partial charge in [-0.3, -0.25) is 4.79 Å². The molecule has 1 amide bonds. The van der Waals surface area contributed by atoms with E-state index >= 15 is 0 Å². The van der Waals surface area contributed by atoms with Gasteiger partial charge < -0.3 is 20.5 Å². The normalized spacial score (nSPS) is 21.6. The molecule has 6 heteroatoms. The van der Waals surface area contributed by atoms with E-state index in [1.54, 1.807) is 24.3 Å². The van der Waals surface area contributed by atoms with Gasteiger partial charge in [0.05, 0.1) is 5.69 Å². The zero-order valence-corrected chi connectivity index (χ0v) is 12.0. The number of piperidine rings is 1. The first kappa shape index (κ1) is 15.3. The molecule has 6 nitrogen and oxygen atoms in total. The molecule has 1 fully saturated rings. The van der Waals surface area contributed by atoms with Crippen molar-refractivity contribution in [1.29, 1.82) is 0 Å². The van der Waals surface area contributed by atoms with Gasteiger partial charge in [-0.2, -0.15) is 0 Å². The lowest BCUT2D eigenvalue weighted by Crippen LogP contribution is -2.40. The van der Waals surface area contributed by atoms with Crippen molar-refractivity contribution in [2.24, 2.45) is 5.92 Å². The van der Waals surface area contributed by atoms with Crippen molar-refractivity contribution in [1.82, 2.24) is 5.32 Å². The number of anilines is 1. The summed E-state index contributed by atoms with van der Waals surface area (Å²) in [6.45, 7) is 2.46. The van der Waals surface area contributed by atoms with Crippen molar-refractivity contribution in [3.05, 3.63) is 24.3 Å². The van der Waals surface area contributed by atoms with Crippen molar-refractivity contribution >= 4 is 17.6 Å². The van der Waals surface area contributed by atoms with Gasteiger partial charge in [-0.15, -0.1) is 0 Å². The van der Waals surface area contributed by atoms with Crippen LogP contribution >= 0.6 is 0 Å². The summed E-state index contributed by atoms with van der Waals surface area (Å²) in [6, 6.07) is 7.18. The van der Waals surface area contributed by atoms with E-state index in [0.717, 1.165) is 19.4 Å². The molecule has 3 N–H and O–H groups in total. The Bertz CT molecular complexity index is 518. The van der Waals surface area contributed by atoms with Gasteiger partial charge >= 0.3 is 5.97 Å². The lowest BCUT2D eigenvalue weighted by molar-refractivity contribution is -0.139. The third-order valence-electron chi connectivity index (χ3n) is 3.49. The minimum Gasteiger partial charge on any atom is -0.480 e. The number of rotatable bonds is 5. The van der Waals surface area contributed by atoms with Gasteiger partial charge in [-0.1, -0.05) is 12.1 Å². The number of carbonyl (C=O) groups excluding carboxylic acids is 1. The first-order chi connectivity index (χ1) is 10.1. The maximum absolute atomic E-state index is 12.3. The fourth-order valence-corrected chi connectivity index (χ4v) is 2.44. The highest BCUT2D eigenvalue weighted by molar-refractivity contribution is 5.94. The van der Waals surface area contributed by atoms with Crippen LogP contribution in [-0.2, 0) is 9.59 Å². The monoisotopic (exact) mass is 292 g/mol. The molecule has 0 bridgehead atoms. The molecule has 1 saturated heterocycles. The summed E-state index contributed by atoms with van der Waals surface area (Å²) in [5, 5.41) is 14.8. The number of aliphatic carboxylic acids is 1. The molecule has 2 rings (SSSR count). The van der Waals surface area contributed by atoms with Crippen molar-refractivity contribution in [3.63, 3.8) is 0 Å².